The average Bonchev–Trinajstić information content (AvgIpc) is 2.69. The molecule has 5 heteroatoms. The van der Waals surface area contributed by atoms with Crippen LogP contribution in [0.3, 0.4) is 0 Å². The number of piperidine rings is 2. The van der Waals surface area contributed by atoms with Crippen LogP contribution in [-0.4, -0.2) is 37.2 Å². The number of nitrogens with one attached hydrogen (secondary N) is 2. The monoisotopic (exact) mass is 354 g/mol. The van der Waals surface area contributed by atoms with E-state index in [9.17, 15) is 4.39 Å². The van der Waals surface area contributed by atoms with Crippen molar-refractivity contribution in [1.29, 1.82) is 0 Å². The highest BCUT2D eigenvalue weighted by atomic mass is 19.1. The van der Waals surface area contributed by atoms with Gasteiger partial charge in [-0.1, -0.05) is 6.07 Å². The van der Waals surface area contributed by atoms with Crippen molar-refractivity contribution >= 4 is 11.5 Å². The lowest BCUT2D eigenvalue weighted by Crippen LogP contribution is -2.42. The van der Waals surface area contributed by atoms with E-state index in [0.717, 1.165) is 50.5 Å². The van der Waals surface area contributed by atoms with Crippen LogP contribution in [0.5, 0.6) is 0 Å². The summed E-state index contributed by atoms with van der Waals surface area (Å²) in [6.07, 6.45) is 6.61. The summed E-state index contributed by atoms with van der Waals surface area (Å²) in [6.45, 7) is 4.04. The molecule has 4 nitrogen and oxygen atoms in total. The molecule has 0 bridgehead atoms. The lowest BCUT2D eigenvalue weighted by atomic mass is 9.92. The molecule has 0 aliphatic carbocycles. The van der Waals surface area contributed by atoms with Crippen LogP contribution >= 0.6 is 0 Å². The van der Waals surface area contributed by atoms with Gasteiger partial charge in [0.15, 0.2) is 0 Å². The number of halogens is 1. The molecule has 0 radical (unpaired) electrons. The summed E-state index contributed by atoms with van der Waals surface area (Å²) in [5.41, 5.74) is 2.33. The van der Waals surface area contributed by atoms with Crippen LogP contribution in [0, 0.1) is 5.82 Å². The Hall–Kier alpha value is -2.14. The number of benzene rings is 1. The second-order valence-corrected chi connectivity index (χ2v) is 7.43. The van der Waals surface area contributed by atoms with Crippen LogP contribution in [0.25, 0.3) is 0 Å². The van der Waals surface area contributed by atoms with E-state index in [0.29, 0.717) is 12.0 Å². The molecular weight excluding hydrogens is 327 g/mol. The summed E-state index contributed by atoms with van der Waals surface area (Å²) in [4.78, 5) is 6.79. The number of rotatable bonds is 4. The van der Waals surface area contributed by atoms with Crippen molar-refractivity contribution in [3.63, 3.8) is 0 Å². The van der Waals surface area contributed by atoms with Gasteiger partial charge in [-0.15, -0.1) is 0 Å². The number of anilines is 2. The largest absolute Gasteiger partial charge is 0.369 e. The van der Waals surface area contributed by atoms with Crippen molar-refractivity contribution in [2.45, 2.75) is 37.6 Å². The lowest BCUT2D eigenvalue weighted by molar-refractivity contribution is 0.461. The summed E-state index contributed by atoms with van der Waals surface area (Å²) in [6, 6.07) is 11.6. The standard InChI is InChI=1S/C21H27FN4/c22-18-5-1-7-20(13-18)26-11-3-6-19(15-26)25-21-12-16(8-10-24-21)17-4-2-9-23-14-17/h1,5,7-8,10,12-13,17,19,23H,2-4,6,9,11,14-15H2,(H,24,25)/t17-,19+/m0/s1. The molecule has 0 unspecified atom stereocenters. The molecule has 26 heavy (non-hydrogen) atoms. The molecule has 2 fully saturated rings. The maximum atomic E-state index is 13.5. The van der Waals surface area contributed by atoms with Gasteiger partial charge in [0.2, 0.25) is 0 Å². The molecule has 1 aromatic carbocycles. The van der Waals surface area contributed by atoms with Crippen molar-refractivity contribution in [3.8, 4) is 0 Å². The first-order valence-electron chi connectivity index (χ1n) is 9.72. The SMILES string of the molecule is Fc1cccc(N2CCC[C@@H](Nc3cc([C@H]4CCCNC4)ccn3)C2)c1. The minimum atomic E-state index is -0.173. The van der Waals surface area contributed by atoms with Gasteiger partial charge in [0, 0.05) is 37.6 Å². The second-order valence-electron chi connectivity index (χ2n) is 7.43. The molecule has 0 saturated carbocycles. The van der Waals surface area contributed by atoms with E-state index in [1.54, 1.807) is 12.1 Å². The van der Waals surface area contributed by atoms with E-state index < -0.39 is 0 Å². The molecule has 0 amide bonds. The smallest absolute Gasteiger partial charge is 0.126 e. The van der Waals surface area contributed by atoms with Gasteiger partial charge >= 0.3 is 0 Å². The first kappa shape index (κ1) is 17.3. The Morgan fingerprint density at radius 1 is 1.15 bits per heavy atom. The van der Waals surface area contributed by atoms with Gasteiger partial charge in [0.25, 0.3) is 0 Å². The quantitative estimate of drug-likeness (QED) is 0.877. The molecule has 1 aromatic heterocycles. The third kappa shape index (κ3) is 4.15. The van der Waals surface area contributed by atoms with Crippen LogP contribution in [-0.2, 0) is 0 Å². The van der Waals surface area contributed by atoms with Crippen molar-refractivity contribution in [2.24, 2.45) is 0 Å². The van der Waals surface area contributed by atoms with Crippen LogP contribution in [0.2, 0.25) is 0 Å². The molecule has 2 aromatic rings. The summed E-state index contributed by atoms with van der Waals surface area (Å²) in [5, 5.41) is 7.09. The average molecular weight is 354 g/mol. The van der Waals surface area contributed by atoms with Gasteiger partial charge in [-0.3, -0.25) is 0 Å². The highest BCUT2D eigenvalue weighted by Gasteiger charge is 2.21. The number of hydrogen-bond donors (Lipinski definition) is 2. The molecular formula is C21H27FN4. The zero-order valence-electron chi connectivity index (χ0n) is 15.1. The van der Waals surface area contributed by atoms with Crippen molar-refractivity contribution in [1.82, 2.24) is 10.3 Å². The number of pyridine rings is 1. The van der Waals surface area contributed by atoms with Gasteiger partial charge in [0.05, 0.1) is 0 Å². The highest BCUT2D eigenvalue weighted by molar-refractivity contribution is 5.48. The number of nitrogens with zero attached hydrogens (tertiary/aromatic N) is 2. The Morgan fingerprint density at radius 3 is 2.96 bits per heavy atom. The van der Waals surface area contributed by atoms with E-state index in [4.69, 9.17) is 0 Å². The molecule has 2 aliphatic rings. The van der Waals surface area contributed by atoms with Crippen molar-refractivity contribution < 1.29 is 4.39 Å². The Balaban J connectivity index is 1.42. The molecule has 2 atom stereocenters. The van der Waals surface area contributed by atoms with Gasteiger partial charge in [-0.2, -0.15) is 0 Å². The number of hydrogen-bond acceptors (Lipinski definition) is 4. The second kappa shape index (κ2) is 8.04. The normalized spacial score (nSPS) is 23.7. The highest BCUT2D eigenvalue weighted by Crippen LogP contribution is 2.26. The van der Waals surface area contributed by atoms with E-state index in [2.05, 4.69) is 32.7 Å². The van der Waals surface area contributed by atoms with Gasteiger partial charge in [-0.25, -0.2) is 9.37 Å². The van der Waals surface area contributed by atoms with Gasteiger partial charge in [0.1, 0.15) is 11.6 Å². The Labute approximate surface area is 154 Å². The van der Waals surface area contributed by atoms with E-state index >= 15 is 0 Å². The fourth-order valence-electron chi connectivity index (χ4n) is 4.13. The predicted octanol–water partition coefficient (Wildman–Crippen LogP) is 3.77. The summed E-state index contributed by atoms with van der Waals surface area (Å²) < 4.78 is 13.5. The maximum absolute atomic E-state index is 13.5. The fraction of sp³-hybridized carbons (Fsp3) is 0.476. The summed E-state index contributed by atoms with van der Waals surface area (Å²) in [7, 11) is 0. The molecule has 138 valence electrons. The van der Waals surface area contributed by atoms with Crippen molar-refractivity contribution in [2.75, 3.05) is 36.4 Å². The third-order valence-corrected chi connectivity index (χ3v) is 5.50. The fourth-order valence-corrected chi connectivity index (χ4v) is 4.13. The predicted molar refractivity (Wildman–Crippen MR) is 104 cm³/mol. The zero-order chi connectivity index (χ0) is 17.8. The minimum Gasteiger partial charge on any atom is -0.369 e. The van der Waals surface area contributed by atoms with E-state index in [-0.39, 0.29) is 5.82 Å². The molecule has 2 aliphatic heterocycles. The van der Waals surface area contributed by atoms with Crippen LogP contribution in [0.15, 0.2) is 42.6 Å². The summed E-state index contributed by atoms with van der Waals surface area (Å²) in [5.74, 6) is 1.37. The van der Waals surface area contributed by atoms with Gasteiger partial charge in [-0.05, 0) is 74.0 Å². The first-order valence-corrected chi connectivity index (χ1v) is 9.72. The molecule has 2 saturated heterocycles. The number of aromatic nitrogens is 1. The lowest BCUT2D eigenvalue weighted by Gasteiger charge is -2.35. The topological polar surface area (TPSA) is 40.2 Å². The van der Waals surface area contributed by atoms with E-state index in [1.165, 1.54) is 24.5 Å². The molecule has 4 rings (SSSR count). The summed E-state index contributed by atoms with van der Waals surface area (Å²) >= 11 is 0. The van der Waals surface area contributed by atoms with Crippen LogP contribution < -0.4 is 15.5 Å². The third-order valence-electron chi connectivity index (χ3n) is 5.50. The molecule has 3 heterocycles. The van der Waals surface area contributed by atoms with Crippen LogP contribution in [0.4, 0.5) is 15.9 Å². The van der Waals surface area contributed by atoms with Crippen LogP contribution in [0.1, 0.15) is 37.2 Å². The van der Waals surface area contributed by atoms with Gasteiger partial charge < -0.3 is 15.5 Å². The molecule has 2 N–H and O–H groups in total. The minimum absolute atomic E-state index is 0.173. The van der Waals surface area contributed by atoms with E-state index in [1.807, 2.05) is 12.3 Å². The maximum Gasteiger partial charge on any atom is 0.126 e. The van der Waals surface area contributed by atoms with Crippen molar-refractivity contribution in [3.05, 3.63) is 54.0 Å². The zero-order valence-corrected chi connectivity index (χ0v) is 15.1. The Morgan fingerprint density at radius 2 is 2.12 bits per heavy atom. The first-order chi connectivity index (χ1) is 12.8. The molecule has 0 spiro atoms. The Bertz CT molecular complexity index is 729. The Kier molecular flexibility index (Phi) is 5.34.